The molecule has 128 valence electrons. The number of hydrogen-bond acceptors (Lipinski definition) is 5. The van der Waals surface area contributed by atoms with Gasteiger partial charge in [-0.25, -0.2) is 4.98 Å². The molecular formula is C17H24N6O. The Balaban J connectivity index is 1.51. The van der Waals surface area contributed by atoms with Crippen molar-refractivity contribution in [1.29, 1.82) is 0 Å². The van der Waals surface area contributed by atoms with Crippen molar-refractivity contribution in [2.24, 2.45) is 5.92 Å². The van der Waals surface area contributed by atoms with Gasteiger partial charge in [-0.15, -0.1) is 0 Å². The Morgan fingerprint density at radius 3 is 2.92 bits per heavy atom. The summed E-state index contributed by atoms with van der Waals surface area (Å²) in [6.07, 6.45) is 11.2. The fourth-order valence-electron chi connectivity index (χ4n) is 3.14. The van der Waals surface area contributed by atoms with E-state index in [4.69, 9.17) is 0 Å². The van der Waals surface area contributed by atoms with Gasteiger partial charge < -0.3 is 10.2 Å². The van der Waals surface area contributed by atoms with Crippen molar-refractivity contribution < 1.29 is 4.79 Å². The Morgan fingerprint density at radius 1 is 1.29 bits per heavy atom. The first-order chi connectivity index (χ1) is 11.7. The minimum Gasteiger partial charge on any atom is -0.372 e. The summed E-state index contributed by atoms with van der Waals surface area (Å²) in [5.74, 6) is 1.50. The van der Waals surface area contributed by atoms with Gasteiger partial charge in [-0.2, -0.15) is 5.10 Å². The number of nitrogens with one attached hydrogen (secondary N) is 1. The molecule has 1 fully saturated rings. The molecule has 1 amide bonds. The summed E-state index contributed by atoms with van der Waals surface area (Å²) in [5, 5.41) is 7.09. The second kappa shape index (κ2) is 7.90. The van der Waals surface area contributed by atoms with Gasteiger partial charge in [0.15, 0.2) is 0 Å². The van der Waals surface area contributed by atoms with Crippen molar-refractivity contribution >= 4 is 11.7 Å². The van der Waals surface area contributed by atoms with Crippen LogP contribution in [0.3, 0.4) is 0 Å². The molecule has 0 saturated carbocycles. The Labute approximate surface area is 142 Å². The van der Waals surface area contributed by atoms with Crippen LogP contribution in [0.4, 0.5) is 5.82 Å². The first-order valence-electron chi connectivity index (χ1n) is 8.48. The summed E-state index contributed by atoms with van der Waals surface area (Å²) in [6.45, 7) is 1.97. The van der Waals surface area contributed by atoms with E-state index >= 15 is 0 Å². The fraction of sp³-hybridized carbons (Fsp3) is 0.529. The highest BCUT2D eigenvalue weighted by Gasteiger charge is 2.21. The highest BCUT2D eigenvalue weighted by Crippen LogP contribution is 2.21. The number of anilines is 1. The third-order valence-corrected chi connectivity index (χ3v) is 4.52. The Morgan fingerprint density at radius 2 is 2.21 bits per heavy atom. The molecule has 0 aliphatic carbocycles. The number of rotatable bonds is 5. The van der Waals surface area contributed by atoms with E-state index in [1.165, 1.54) is 0 Å². The lowest BCUT2D eigenvalue weighted by atomic mass is 9.95. The maximum Gasteiger partial charge on any atom is 0.244 e. The van der Waals surface area contributed by atoms with Crippen LogP contribution in [0.1, 0.15) is 25.0 Å². The molecule has 0 aromatic carbocycles. The molecule has 0 bridgehead atoms. The lowest BCUT2D eigenvalue weighted by Crippen LogP contribution is -2.34. The summed E-state index contributed by atoms with van der Waals surface area (Å²) in [7, 11) is 1.84. The SMILES string of the molecule is CNc1cnc(C[C@H]2CCCN(C(=O)Cn3cccn3)CC2)cn1. The monoisotopic (exact) mass is 328 g/mol. The smallest absolute Gasteiger partial charge is 0.244 e. The Hall–Kier alpha value is -2.44. The van der Waals surface area contributed by atoms with Crippen molar-refractivity contribution in [3.05, 3.63) is 36.5 Å². The molecule has 7 heteroatoms. The first kappa shape index (κ1) is 16.4. The number of nitrogens with zero attached hydrogens (tertiary/aromatic N) is 5. The van der Waals surface area contributed by atoms with Gasteiger partial charge in [0.05, 0.1) is 18.1 Å². The summed E-state index contributed by atoms with van der Waals surface area (Å²) in [4.78, 5) is 23.1. The van der Waals surface area contributed by atoms with Crippen LogP contribution < -0.4 is 5.32 Å². The van der Waals surface area contributed by atoms with Crippen molar-refractivity contribution in [2.75, 3.05) is 25.5 Å². The molecule has 0 spiro atoms. The number of likely N-dealkylation sites (tertiary alicyclic amines) is 1. The predicted molar refractivity (Wildman–Crippen MR) is 91.4 cm³/mol. The summed E-state index contributed by atoms with van der Waals surface area (Å²) in [5.41, 5.74) is 1.02. The fourth-order valence-corrected chi connectivity index (χ4v) is 3.14. The van der Waals surface area contributed by atoms with E-state index in [9.17, 15) is 4.79 Å². The van der Waals surface area contributed by atoms with Crippen LogP contribution in [-0.4, -0.2) is 50.7 Å². The Kier molecular flexibility index (Phi) is 5.40. The first-order valence-corrected chi connectivity index (χ1v) is 8.48. The van der Waals surface area contributed by atoms with Gasteiger partial charge in [0, 0.05) is 32.5 Å². The standard InChI is InChI=1S/C17H24N6O/c1-18-16-12-19-15(11-20-16)10-14-4-2-7-22(9-5-14)17(24)13-23-8-3-6-21-23/h3,6,8,11-12,14H,2,4-5,7,9-10,13H2,1H3,(H,18,20)/t14-/m0/s1. The summed E-state index contributed by atoms with van der Waals surface area (Å²) >= 11 is 0. The average Bonchev–Trinajstić information content (AvgIpc) is 3.00. The summed E-state index contributed by atoms with van der Waals surface area (Å²) in [6, 6.07) is 1.84. The lowest BCUT2D eigenvalue weighted by molar-refractivity contribution is -0.132. The molecule has 7 nitrogen and oxygen atoms in total. The normalized spacial score (nSPS) is 18.2. The van der Waals surface area contributed by atoms with E-state index in [1.807, 2.05) is 30.4 Å². The maximum absolute atomic E-state index is 12.4. The van der Waals surface area contributed by atoms with E-state index in [1.54, 1.807) is 17.1 Å². The maximum atomic E-state index is 12.4. The predicted octanol–water partition coefficient (Wildman–Crippen LogP) is 1.59. The second-order valence-electron chi connectivity index (χ2n) is 6.23. The van der Waals surface area contributed by atoms with Crippen LogP contribution >= 0.6 is 0 Å². The number of hydrogen-bond donors (Lipinski definition) is 1. The zero-order valence-electron chi connectivity index (χ0n) is 14.1. The van der Waals surface area contributed by atoms with Gasteiger partial charge in [-0.3, -0.25) is 14.5 Å². The summed E-state index contributed by atoms with van der Waals surface area (Å²) < 4.78 is 1.68. The number of carbonyl (C=O) groups excluding carboxylic acids is 1. The van der Waals surface area contributed by atoms with E-state index in [-0.39, 0.29) is 5.91 Å². The quantitative estimate of drug-likeness (QED) is 0.902. The van der Waals surface area contributed by atoms with E-state index in [0.717, 1.165) is 50.3 Å². The van der Waals surface area contributed by atoms with Crippen LogP contribution in [0.15, 0.2) is 30.9 Å². The van der Waals surface area contributed by atoms with Crippen LogP contribution in [0.25, 0.3) is 0 Å². The van der Waals surface area contributed by atoms with Gasteiger partial charge in [-0.05, 0) is 37.7 Å². The average molecular weight is 328 g/mol. The molecule has 1 aliphatic heterocycles. The molecule has 0 unspecified atom stereocenters. The van der Waals surface area contributed by atoms with Crippen LogP contribution in [0.5, 0.6) is 0 Å². The molecule has 1 N–H and O–H groups in total. The van der Waals surface area contributed by atoms with Gasteiger partial charge in [0.25, 0.3) is 0 Å². The highest BCUT2D eigenvalue weighted by molar-refractivity contribution is 5.75. The number of amides is 1. The molecule has 0 radical (unpaired) electrons. The van der Waals surface area contributed by atoms with E-state index in [2.05, 4.69) is 20.4 Å². The topological polar surface area (TPSA) is 75.9 Å². The lowest BCUT2D eigenvalue weighted by Gasteiger charge is -2.20. The van der Waals surface area contributed by atoms with Crippen LogP contribution in [-0.2, 0) is 17.8 Å². The third-order valence-electron chi connectivity index (χ3n) is 4.52. The van der Waals surface area contributed by atoms with Crippen molar-refractivity contribution in [3.8, 4) is 0 Å². The minimum atomic E-state index is 0.150. The van der Waals surface area contributed by atoms with E-state index < -0.39 is 0 Å². The zero-order chi connectivity index (χ0) is 16.8. The number of aromatic nitrogens is 4. The van der Waals surface area contributed by atoms with Gasteiger partial charge in [0.1, 0.15) is 12.4 Å². The second-order valence-corrected chi connectivity index (χ2v) is 6.23. The van der Waals surface area contributed by atoms with Crippen molar-refractivity contribution in [1.82, 2.24) is 24.6 Å². The number of carbonyl (C=O) groups is 1. The third kappa shape index (κ3) is 4.31. The van der Waals surface area contributed by atoms with E-state index in [0.29, 0.717) is 12.5 Å². The van der Waals surface area contributed by atoms with Gasteiger partial charge in [0.2, 0.25) is 5.91 Å². The van der Waals surface area contributed by atoms with Crippen LogP contribution in [0, 0.1) is 5.92 Å². The molecule has 1 atom stereocenters. The molecule has 1 saturated heterocycles. The molecule has 2 aromatic heterocycles. The molecule has 2 aromatic rings. The molecule has 24 heavy (non-hydrogen) atoms. The molecule has 3 heterocycles. The van der Waals surface area contributed by atoms with Gasteiger partial charge in [-0.1, -0.05) is 0 Å². The minimum absolute atomic E-state index is 0.150. The van der Waals surface area contributed by atoms with Gasteiger partial charge >= 0.3 is 0 Å². The van der Waals surface area contributed by atoms with Crippen molar-refractivity contribution in [2.45, 2.75) is 32.2 Å². The molecule has 3 rings (SSSR count). The van der Waals surface area contributed by atoms with Crippen molar-refractivity contribution in [3.63, 3.8) is 0 Å². The Bertz CT molecular complexity index is 640. The van der Waals surface area contributed by atoms with Crippen LogP contribution in [0.2, 0.25) is 0 Å². The highest BCUT2D eigenvalue weighted by atomic mass is 16.2. The molecule has 1 aliphatic rings. The molecular weight excluding hydrogens is 304 g/mol. The largest absolute Gasteiger partial charge is 0.372 e. The zero-order valence-corrected chi connectivity index (χ0v) is 14.1.